The van der Waals surface area contributed by atoms with Crippen LogP contribution in [-0.4, -0.2) is 60.9 Å². The molecule has 1 aromatic heterocycles. The molecule has 0 radical (unpaired) electrons. The Labute approximate surface area is 137 Å². The Morgan fingerprint density at radius 1 is 1.29 bits per heavy atom. The molecule has 1 unspecified atom stereocenters. The molecule has 1 fully saturated rings. The Hall–Kier alpha value is -1.62. The third-order valence-corrected chi connectivity index (χ3v) is 5.32. The molecule has 2 rings (SSSR count). The van der Waals surface area contributed by atoms with Crippen LogP contribution in [-0.2, 0) is 10.0 Å². The summed E-state index contributed by atoms with van der Waals surface area (Å²) in [6.07, 6.45) is -2.53. The molecule has 0 aliphatic carbocycles. The molecule has 0 bridgehead atoms. The van der Waals surface area contributed by atoms with E-state index in [4.69, 9.17) is 9.47 Å². The van der Waals surface area contributed by atoms with E-state index in [9.17, 15) is 21.6 Å². The second-order valence-corrected chi connectivity index (χ2v) is 7.38. The van der Waals surface area contributed by atoms with E-state index < -0.39 is 34.5 Å². The number of nitrogens with zero attached hydrogens (tertiary/aromatic N) is 3. The van der Waals surface area contributed by atoms with Crippen molar-refractivity contribution in [2.75, 3.05) is 26.0 Å². The topological polar surface area (TPSA) is 81.6 Å². The number of sulfonamides is 1. The number of aromatic nitrogens is 2. The lowest BCUT2D eigenvalue weighted by Gasteiger charge is -2.32. The van der Waals surface area contributed by atoms with Gasteiger partial charge in [-0.25, -0.2) is 18.4 Å². The molecule has 0 N–H and O–H groups in total. The van der Waals surface area contributed by atoms with Gasteiger partial charge in [0.15, 0.2) is 0 Å². The molecule has 0 saturated carbocycles. The molecule has 11 heteroatoms. The van der Waals surface area contributed by atoms with Crippen LogP contribution in [0.3, 0.4) is 0 Å². The maximum Gasteiger partial charge on any atom is 0.390 e. The number of alkyl halides is 3. The second kappa shape index (κ2) is 7.51. The Balaban J connectivity index is 2.01. The van der Waals surface area contributed by atoms with E-state index in [0.29, 0.717) is 12.8 Å². The zero-order chi connectivity index (χ0) is 17.8. The monoisotopic (exact) mass is 369 g/mol. The summed E-state index contributed by atoms with van der Waals surface area (Å²) in [6.45, 7) is 0.150. The highest BCUT2D eigenvalue weighted by Gasteiger charge is 2.35. The average Bonchev–Trinajstić information content (AvgIpc) is 2.53. The van der Waals surface area contributed by atoms with Crippen molar-refractivity contribution < 1.29 is 31.1 Å². The number of halogens is 3. The Kier molecular flexibility index (Phi) is 5.86. The molecule has 1 aromatic rings. The summed E-state index contributed by atoms with van der Waals surface area (Å²) in [5.74, 6) is -0.674. The zero-order valence-corrected chi connectivity index (χ0v) is 13.8. The van der Waals surface area contributed by atoms with Crippen LogP contribution in [0, 0.1) is 0 Å². The van der Waals surface area contributed by atoms with E-state index in [1.165, 1.54) is 19.5 Å². The third-order valence-electron chi connectivity index (χ3n) is 3.48. The third kappa shape index (κ3) is 5.20. The number of methoxy groups -OCH3 is 1. The van der Waals surface area contributed by atoms with Crippen LogP contribution in [0.25, 0.3) is 0 Å². The summed E-state index contributed by atoms with van der Waals surface area (Å²) in [6, 6.07) is 0. The van der Waals surface area contributed by atoms with Gasteiger partial charge in [0.25, 0.3) is 11.8 Å². The minimum Gasteiger partial charge on any atom is -0.477 e. The number of piperidine rings is 1. The van der Waals surface area contributed by atoms with Gasteiger partial charge in [-0.2, -0.15) is 17.5 Å². The van der Waals surface area contributed by atoms with Gasteiger partial charge >= 0.3 is 6.18 Å². The molecule has 7 nitrogen and oxygen atoms in total. The van der Waals surface area contributed by atoms with Crippen LogP contribution >= 0.6 is 0 Å². The molecule has 136 valence electrons. The van der Waals surface area contributed by atoms with Gasteiger partial charge in [-0.15, -0.1) is 0 Å². The van der Waals surface area contributed by atoms with Gasteiger partial charge < -0.3 is 9.47 Å². The summed E-state index contributed by atoms with van der Waals surface area (Å²) < 4.78 is 72.6. The van der Waals surface area contributed by atoms with E-state index in [-0.39, 0.29) is 24.8 Å². The summed E-state index contributed by atoms with van der Waals surface area (Å²) in [4.78, 5) is 7.89. The maximum absolute atomic E-state index is 12.3. The molecular formula is C13H18F3N3O4S. The van der Waals surface area contributed by atoms with Crippen LogP contribution in [0.4, 0.5) is 13.2 Å². The Morgan fingerprint density at radius 2 is 1.96 bits per heavy atom. The van der Waals surface area contributed by atoms with Gasteiger partial charge in [-0.3, -0.25) is 0 Å². The predicted molar refractivity (Wildman–Crippen MR) is 78.3 cm³/mol. The van der Waals surface area contributed by atoms with Gasteiger partial charge in [-0.1, -0.05) is 0 Å². The lowest BCUT2D eigenvalue weighted by Crippen LogP contribution is -2.45. The molecular weight excluding hydrogens is 351 g/mol. The molecule has 1 aliphatic heterocycles. The summed E-state index contributed by atoms with van der Waals surface area (Å²) in [5.41, 5.74) is 0. The van der Waals surface area contributed by atoms with Crippen LogP contribution in [0.2, 0.25) is 0 Å². The summed E-state index contributed by atoms with van der Waals surface area (Å²) in [7, 11) is -2.60. The van der Waals surface area contributed by atoms with Gasteiger partial charge in [0.1, 0.15) is 6.10 Å². The summed E-state index contributed by atoms with van der Waals surface area (Å²) in [5, 5.41) is 0. The largest absolute Gasteiger partial charge is 0.477 e. The molecule has 1 saturated heterocycles. The van der Waals surface area contributed by atoms with E-state index in [0.717, 1.165) is 4.31 Å². The number of ether oxygens (including phenoxy) is 2. The Morgan fingerprint density at radius 3 is 2.58 bits per heavy atom. The highest BCUT2D eigenvalue weighted by atomic mass is 32.2. The lowest BCUT2D eigenvalue weighted by molar-refractivity contribution is -0.130. The predicted octanol–water partition coefficient (Wildman–Crippen LogP) is 1.61. The molecule has 2 heterocycles. The van der Waals surface area contributed by atoms with Crippen LogP contribution < -0.4 is 9.47 Å². The summed E-state index contributed by atoms with van der Waals surface area (Å²) >= 11 is 0. The first-order valence-corrected chi connectivity index (χ1v) is 8.88. The van der Waals surface area contributed by atoms with E-state index in [1.807, 2.05) is 0 Å². The van der Waals surface area contributed by atoms with Gasteiger partial charge in [0.05, 0.1) is 25.8 Å². The SMILES string of the molecule is COc1nccnc1OC1CCCN(S(=O)(=O)CCC(F)(F)F)C1. The zero-order valence-electron chi connectivity index (χ0n) is 13.0. The first-order chi connectivity index (χ1) is 11.2. The fourth-order valence-corrected chi connectivity index (χ4v) is 3.87. The van der Waals surface area contributed by atoms with Gasteiger partial charge in [-0.05, 0) is 12.8 Å². The maximum atomic E-state index is 12.3. The quantitative estimate of drug-likeness (QED) is 0.758. The van der Waals surface area contributed by atoms with Crippen LogP contribution in [0.1, 0.15) is 19.3 Å². The minimum absolute atomic E-state index is 0.0279. The van der Waals surface area contributed by atoms with Crippen molar-refractivity contribution in [3.05, 3.63) is 12.4 Å². The molecule has 24 heavy (non-hydrogen) atoms. The molecule has 0 aromatic carbocycles. The first kappa shape index (κ1) is 18.7. The number of hydrogen-bond donors (Lipinski definition) is 0. The fourth-order valence-electron chi connectivity index (χ4n) is 2.32. The van der Waals surface area contributed by atoms with Crippen molar-refractivity contribution in [1.82, 2.24) is 14.3 Å². The van der Waals surface area contributed by atoms with Crippen molar-refractivity contribution in [2.24, 2.45) is 0 Å². The fraction of sp³-hybridized carbons (Fsp3) is 0.692. The molecule has 1 atom stereocenters. The lowest BCUT2D eigenvalue weighted by atomic mass is 10.1. The van der Waals surface area contributed by atoms with Crippen LogP contribution in [0.15, 0.2) is 12.4 Å². The normalized spacial score (nSPS) is 19.9. The Bertz CT molecular complexity index is 654. The average molecular weight is 369 g/mol. The second-order valence-electron chi connectivity index (χ2n) is 5.29. The van der Waals surface area contributed by atoms with Crippen molar-refractivity contribution >= 4 is 10.0 Å². The molecule has 1 aliphatic rings. The minimum atomic E-state index is -4.51. The number of rotatable bonds is 6. The van der Waals surface area contributed by atoms with Crippen molar-refractivity contribution in [2.45, 2.75) is 31.5 Å². The van der Waals surface area contributed by atoms with Crippen molar-refractivity contribution in [3.8, 4) is 11.8 Å². The van der Waals surface area contributed by atoms with Crippen LogP contribution in [0.5, 0.6) is 11.8 Å². The highest BCUT2D eigenvalue weighted by Crippen LogP contribution is 2.26. The van der Waals surface area contributed by atoms with Gasteiger partial charge in [0, 0.05) is 18.9 Å². The number of hydrogen-bond acceptors (Lipinski definition) is 6. The highest BCUT2D eigenvalue weighted by molar-refractivity contribution is 7.89. The standard InChI is InChI=1S/C13H18F3N3O4S/c1-22-11-12(18-6-5-17-11)23-10-3-2-7-19(9-10)24(20,21)8-4-13(14,15)16/h5-6,10H,2-4,7-9H2,1H3. The van der Waals surface area contributed by atoms with Crippen molar-refractivity contribution in [1.29, 1.82) is 0 Å². The van der Waals surface area contributed by atoms with Gasteiger partial charge in [0.2, 0.25) is 10.0 Å². The van der Waals surface area contributed by atoms with E-state index >= 15 is 0 Å². The first-order valence-electron chi connectivity index (χ1n) is 7.27. The van der Waals surface area contributed by atoms with E-state index in [2.05, 4.69) is 9.97 Å². The molecule has 0 amide bonds. The molecule has 0 spiro atoms. The smallest absolute Gasteiger partial charge is 0.390 e. The van der Waals surface area contributed by atoms with E-state index in [1.54, 1.807) is 0 Å². The van der Waals surface area contributed by atoms with Crippen molar-refractivity contribution in [3.63, 3.8) is 0 Å².